The molecule has 0 bridgehead atoms. The van der Waals surface area contributed by atoms with Gasteiger partial charge in [0.1, 0.15) is 25.0 Å². The first-order valence-corrected chi connectivity index (χ1v) is 10.9. The smallest absolute Gasteiger partial charge is 0.408 e. The van der Waals surface area contributed by atoms with E-state index in [-0.39, 0.29) is 12.5 Å². The number of carbonyl (C=O) groups excluding carboxylic acids is 4. The summed E-state index contributed by atoms with van der Waals surface area (Å²) in [7, 11) is 0. The highest BCUT2D eigenvalue weighted by atomic mass is 16.5. The maximum atomic E-state index is 12.8. The molecule has 2 aromatic carbocycles. The highest BCUT2D eigenvalue weighted by Crippen LogP contribution is 2.06. The van der Waals surface area contributed by atoms with E-state index in [2.05, 4.69) is 16.0 Å². The summed E-state index contributed by atoms with van der Waals surface area (Å²) in [6, 6.07) is 16.0. The van der Waals surface area contributed by atoms with E-state index in [1.54, 1.807) is 13.8 Å². The first-order chi connectivity index (χ1) is 15.8. The van der Waals surface area contributed by atoms with E-state index in [9.17, 15) is 19.2 Å². The zero-order valence-corrected chi connectivity index (χ0v) is 19.1. The number of alkyl carbamates (subject to hydrolysis) is 1. The zero-order valence-electron chi connectivity index (χ0n) is 19.1. The summed E-state index contributed by atoms with van der Waals surface area (Å²) in [6.45, 7) is 5.14. The normalized spacial score (nSPS) is 13.3. The molecule has 8 heteroatoms. The van der Waals surface area contributed by atoms with Gasteiger partial charge in [0.05, 0.1) is 6.04 Å². The minimum Gasteiger partial charge on any atom is -0.445 e. The Morgan fingerprint density at radius 2 is 1.39 bits per heavy atom. The molecule has 0 radical (unpaired) electrons. The molecule has 3 atom stereocenters. The Morgan fingerprint density at radius 3 is 1.94 bits per heavy atom. The molecule has 2 rings (SSSR count). The van der Waals surface area contributed by atoms with E-state index in [0.717, 1.165) is 11.1 Å². The van der Waals surface area contributed by atoms with Crippen LogP contribution in [0.3, 0.4) is 0 Å². The molecule has 3 N–H and O–H groups in total. The zero-order chi connectivity index (χ0) is 24.2. The maximum Gasteiger partial charge on any atom is 0.408 e. The van der Waals surface area contributed by atoms with Crippen LogP contribution >= 0.6 is 0 Å². The topological polar surface area (TPSA) is 114 Å². The van der Waals surface area contributed by atoms with Crippen molar-refractivity contribution in [2.75, 3.05) is 0 Å². The third kappa shape index (κ3) is 8.76. The third-order valence-electron chi connectivity index (χ3n) is 4.98. The van der Waals surface area contributed by atoms with Gasteiger partial charge in [-0.15, -0.1) is 0 Å². The second-order valence-electron chi connectivity index (χ2n) is 8.10. The van der Waals surface area contributed by atoms with Gasteiger partial charge in [0.15, 0.2) is 0 Å². The van der Waals surface area contributed by atoms with Crippen LogP contribution in [-0.4, -0.2) is 42.3 Å². The molecule has 2 aromatic rings. The predicted octanol–water partition coefficient (Wildman–Crippen LogP) is 2.37. The Labute approximate surface area is 194 Å². The van der Waals surface area contributed by atoms with Gasteiger partial charge in [0, 0.05) is 0 Å². The van der Waals surface area contributed by atoms with Crippen molar-refractivity contribution < 1.29 is 23.9 Å². The highest BCUT2D eigenvalue weighted by molar-refractivity contribution is 5.92. The van der Waals surface area contributed by atoms with Crippen molar-refractivity contribution in [1.29, 1.82) is 0 Å². The number of benzene rings is 2. The van der Waals surface area contributed by atoms with Crippen LogP contribution in [0.5, 0.6) is 0 Å². The molecular weight excluding hydrogens is 422 g/mol. The highest BCUT2D eigenvalue weighted by Gasteiger charge is 2.28. The largest absolute Gasteiger partial charge is 0.445 e. The molecule has 0 fully saturated rings. The van der Waals surface area contributed by atoms with Gasteiger partial charge in [-0.05, 0) is 30.4 Å². The Bertz CT molecular complexity index is 918. The van der Waals surface area contributed by atoms with Gasteiger partial charge < -0.3 is 25.5 Å². The number of carbonyl (C=O) groups is 4. The second-order valence-corrected chi connectivity index (χ2v) is 8.10. The summed E-state index contributed by atoms with van der Waals surface area (Å²) in [5.74, 6) is -1.24. The average molecular weight is 454 g/mol. The van der Waals surface area contributed by atoms with Crippen LogP contribution < -0.4 is 16.0 Å². The quantitative estimate of drug-likeness (QED) is 0.452. The Morgan fingerprint density at radius 1 is 0.818 bits per heavy atom. The molecule has 33 heavy (non-hydrogen) atoms. The van der Waals surface area contributed by atoms with E-state index in [1.165, 1.54) is 6.92 Å². The summed E-state index contributed by atoms with van der Waals surface area (Å²) < 4.78 is 5.12. The summed E-state index contributed by atoms with van der Waals surface area (Å²) >= 11 is 0. The predicted molar refractivity (Wildman–Crippen MR) is 124 cm³/mol. The molecular formula is C25H31N3O5. The van der Waals surface area contributed by atoms with Crippen molar-refractivity contribution in [1.82, 2.24) is 16.0 Å². The fourth-order valence-corrected chi connectivity index (χ4v) is 3.09. The van der Waals surface area contributed by atoms with Crippen LogP contribution in [0.1, 0.15) is 31.9 Å². The molecule has 0 aromatic heterocycles. The van der Waals surface area contributed by atoms with Crippen molar-refractivity contribution >= 4 is 24.2 Å². The van der Waals surface area contributed by atoms with Crippen LogP contribution in [0.25, 0.3) is 0 Å². The summed E-state index contributed by atoms with van der Waals surface area (Å²) in [4.78, 5) is 48.9. The third-order valence-corrected chi connectivity index (χ3v) is 4.98. The van der Waals surface area contributed by atoms with Gasteiger partial charge in [0.25, 0.3) is 0 Å². The fraction of sp³-hybridized carbons (Fsp3) is 0.360. The summed E-state index contributed by atoms with van der Waals surface area (Å²) in [6.07, 6.45) is 0.285. The van der Waals surface area contributed by atoms with E-state index in [4.69, 9.17) is 4.74 Å². The number of ether oxygens (including phenoxy) is 1. The Balaban J connectivity index is 1.88. The second kappa shape index (κ2) is 13.0. The number of rotatable bonds is 11. The molecule has 0 saturated carbocycles. The van der Waals surface area contributed by atoms with Crippen molar-refractivity contribution in [3.63, 3.8) is 0 Å². The molecule has 0 aliphatic rings. The van der Waals surface area contributed by atoms with Gasteiger partial charge in [-0.2, -0.15) is 0 Å². The van der Waals surface area contributed by atoms with Crippen LogP contribution in [0.2, 0.25) is 0 Å². The molecule has 0 saturated heterocycles. The van der Waals surface area contributed by atoms with Gasteiger partial charge >= 0.3 is 6.09 Å². The van der Waals surface area contributed by atoms with Crippen LogP contribution in [0.4, 0.5) is 4.79 Å². The lowest BCUT2D eigenvalue weighted by atomic mass is 10.0. The van der Waals surface area contributed by atoms with E-state index in [0.29, 0.717) is 12.7 Å². The lowest BCUT2D eigenvalue weighted by Crippen LogP contribution is -2.56. The molecule has 0 aliphatic carbocycles. The molecule has 0 spiro atoms. The molecule has 0 aliphatic heterocycles. The van der Waals surface area contributed by atoms with Crippen molar-refractivity contribution in [2.45, 2.75) is 51.9 Å². The number of amides is 3. The van der Waals surface area contributed by atoms with Crippen LogP contribution in [0.15, 0.2) is 60.7 Å². The molecule has 0 unspecified atom stereocenters. The number of nitrogens with one attached hydrogen (secondary N) is 3. The lowest BCUT2D eigenvalue weighted by Gasteiger charge is -2.25. The minimum atomic E-state index is -0.923. The summed E-state index contributed by atoms with van der Waals surface area (Å²) in [5, 5.41) is 7.79. The molecule has 176 valence electrons. The number of hydrogen-bond acceptors (Lipinski definition) is 5. The lowest BCUT2D eigenvalue weighted by molar-refractivity contribution is -0.131. The van der Waals surface area contributed by atoms with Crippen molar-refractivity contribution in [3.8, 4) is 0 Å². The van der Waals surface area contributed by atoms with Gasteiger partial charge in [-0.25, -0.2) is 4.79 Å². The van der Waals surface area contributed by atoms with E-state index < -0.39 is 36.0 Å². The first-order valence-electron chi connectivity index (χ1n) is 10.9. The van der Waals surface area contributed by atoms with Crippen LogP contribution in [0, 0.1) is 5.92 Å². The van der Waals surface area contributed by atoms with Crippen LogP contribution in [-0.2, 0) is 32.1 Å². The maximum absolute atomic E-state index is 12.8. The monoisotopic (exact) mass is 453 g/mol. The standard InChI is InChI=1S/C25H31N3O5/c1-17(2)22(24(31)27-21(15-29)14-19-10-6-4-7-11-19)28-23(30)18(3)26-25(32)33-16-20-12-8-5-9-13-20/h4-13,15,17-18,21-22H,14,16H2,1-3H3,(H,26,32)(H,27,31)(H,28,30)/t18-,21-,22-/m0/s1. The van der Waals surface area contributed by atoms with E-state index >= 15 is 0 Å². The first kappa shape index (κ1) is 25.6. The van der Waals surface area contributed by atoms with Crippen molar-refractivity contribution in [3.05, 3.63) is 71.8 Å². The Kier molecular flexibility index (Phi) is 10.1. The number of hydrogen-bond donors (Lipinski definition) is 3. The van der Waals surface area contributed by atoms with Gasteiger partial charge in [-0.1, -0.05) is 74.5 Å². The summed E-state index contributed by atoms with van der Waals surface area (Å²) in [5.41, 5.74) is 1.73. The minimum absolute atomic E-state index is 0.0759. The molecule has 0 heterocycles. The number of aldehydes is 1. The van der Waals surface area contributed by atoms with Gasteiger partial charge in [-0.3, -0.25) is 9.59 Å². The molecule has 3 amide bonds. The van der Waals surface area contributed by atoms with Crippen molar-refractivity contribution in [2.24, 2.45) is 5.92 Å². The molecule has 8 nitrogen and oxygen atoms in total. The SMILES string of the molecule is CC(C)[C@H](NC(=O)[C@H](C)NC(=O)OCc1ccccc1)C(=O)N[C@H](C=O)Cc1ccccc1. The van der Waals surface area contributed by atoms with E-state index in [1.807, 2.05) is 60.7 Å². The Hall–Kier alpha value is -3.68. The van der Waals surface area contributed by atoms with Gasteiger partial charge in [0.2, 0.25) is 11.8 Å². The fourth-order valence-electron chi connectivity index (χ4n) is 3.09. The average Bonchev–Trinajstić information content (AvgIpc) is 2.81.